The number of amides is 1. The number of nitrogens with zero attached hydrogens (tertiary/aromatic N) is 2. The maximum Gasteiger partial charge on any atom is 0.264 e. The minimum Gasteiger partial charge on any atom is -0.350 e. The van der Waals surface area contributed by atoms with Crippen LogP contribution in [0.5, 0.6) is 0 Å². The first-order chi connectivity index (χ1) is 12.3. The van der Waals surface area contributed by atoms with E-state index < -0.39 is 10.0 Å². The van der Waals surface area contributed by atoms with Crippen molar-refractivity contribution in [2.24, 2.45) is 7.05 Å². The van der Waals surface area contributed by atoms with Crippen molar-refractivity contribution in [3.63, 3.8) is 0 Å². The number of anilines is 1. The molecule has 1 saturated heterocycles. The van der Waals surface area contributed by atoms with Gasteiger partial charge in [0.25, 0.3) is 15.9 Å². The molecule has 1 fully saturated rings. The molecule has 140 valence electrons. The zero-order valence-electron chi connectivity index (χ0n) is 15.4. The Morgan fingerprint density at radius 2 is 1.62 bits per heavy atom. The molecule has 1 aliphatic rings. The normalized spacial score (nSPS) is 15.1. The monoisotopic (exact) mass is 375 g/mol. The van der Waals surface area contributed by atoms with Crippen molar-refractivity contribution in [1.82, 2.24) is 9.47 Å². The molecule has 2 heterocycles. The summed E-state index contributed by atoms with van der Waals surface area (Å²) in [5, 5.41) is 0. The molecule has 26 heavy (non-hydrogen) atoms. The summed E-state index contributed by atoms with van der Waals surface area (Å²) in [4.78, 5) is 15.0. The Morgan fingerprint density at radius 1 is 1.00 bits per heavy atom. The first-order valence-electron chi connectivity index (χ1n) is 8.86. The van der Waals surface area contributed by atoms with Gasteiger partial charge in [-0.3, -0.25) is 9.52 Å². The van der Waals surface area contributed by atoms with Crippen LogP contribution in [0.1, 0.15) is 41.0 Å². The van der Waals surface area contributed by atoms with Gasteiger partial charge >= 0.3 is 0 Å². The average Bonchev–Trinajstić information content (AvgIpc) is 2.87. The highest BCUT2D eigenvalue weighted by molar-refractivity contribution is 7.92. The summed E-state index contributed by atoms with van der Waals surface area (Å²) >= 11 is 0. The van der Waals surface area contributed by atoms with Crippen LogP contribution in [0.2, 0.25) is 0 Å². The zero-order chi connectivity index (χ0) is 18.9. The second-order valence-electron chi connectivity index (χ2n) is 6.76. The fourth-order valence-corrected chi connectivity index (χ4v) is 5.04. The first-order valence-corrected chi connectivity index (χ1v) is 10.3. The summed E-state index contributed by atoms with van der Waals surface area (Å²) in [5.74, 6) is -0.195. The van der Waals surface area contributed by atoms with Crippen molar-refractivity contribution in [3.8, 4) is 0 Å². The number of rotatable bonds is 4. The molecule has 1 N–H and O–H groups in total. The second kappa shape index (κ2) is 7.15. The molecule has 1 aliphatic heterocycles. The van der Waals surface area contributed by atoms with Crippen molar-refractivity contribution < 1.29 is 13.2 Å². The highest BCUT2D eigenvalue weighted by Crippen LogP contribution is 2.30. The molecule has 0 spiro atoms. The summed E-state index contributed by atoms with van der Waals surface area (Å²) in [6.45, 7) is 4.89. The summed E-state index contributed by atoms with van der Waals surface area (Å²) < 4.78 is 30.6. The third-order valence-corrected chi connectivity index (χ3v) is 6.62. The molecular formula is C19H25N3O3S. The van der Waals surface area contributed by atoms with Gasteiger partial charge in [0, 0.05) is 37.2 Å². The van der Waals surface area contributed by atoms with Crippen molar-refractivity contribution in [2.45, 2.75) is 38.0 Å². The van der Waals surface area contributed by atoms with Gasteiger partial charge in [-0.15, -0.1) is 0 Å². The van der Waals surface area contributed by atoms with Gasteiger partial charge in [-0.2, -0.15) is 0 Å². The number of carbonyl (C=O) groups is 1. The molecule has 1 aromatic heterocycles. The van der Waals surface area contributed by atoms with E-state index in [2.05, 4.69) is 4.72 Å². The first kappa shape index (κ1) is 18.5. The van der Waals surface area contributed by atoms with E-state index in [1.54, 1.807) is 54.6 Å². The molecule has 0 bridgehead atoms. The van der Waals surface area contributed by atoms with Gasteiger partial charge in [0.05, 0.1) is 5.56 Å². The van der Waals surface area contributed by atoms with Crippen molar-refractivity contribution in [2.75, 3.05) is 17.8 Å². The van der Waals surface area contributed by atoms with Gasteiger partial charge in [-0.05, 0) is 45.2 Å². The molecule has 6 nitrogen and oxygen atoms in total. The highest BCUT2D eigenvalue weighted by atomic mass is 32.2. The van der Waals surface area contributed by atoms with Crippen LogP contribution in [-0.2, 0) is 17.1 Å². The van der Waals surface area contributed by atoms with Crippen LogP contribution in [-0.4, -0.2) is 36.9 Å². The summed E-state index contributed by atoms with van der Waals surface area (Å²) in [6.07, 6.45) is 3.03. The number of hydrogen-bond donors (Lipinski definition) is 1. The maximum atomic E-state index is 13.1. The molecule has 2 aromatic rings. The summed E-state index contributed by atoms with van der Waals surface area (Å²) in [6, 6.07) is 8.73. The molecule has 1 aromatic carbocycles. The second-order valence-corrected chi connectivity index (χ2v) is 8.38. The van der Waals surface area contributed by atoms with E-state index in [9.17, 15) is 13.2 Å². The van der Waals surface area contributed by atoms with Gasteiger partial charge in [0.15, 0.2) is 0 Å². The van der Waals surface area contributed by atoms with Crippen LogP contribution in [0.4, 0.5) is 5.69 Å². The fourth-order valence-electron chi connectivity index (χ4n) is 3.46. The number of benzene rings is 1. The van der Waals surface area contributed by atoms with Crippen LogP contribution >= 0.6 is 0 Å². The summed E-state index contributed by atoms with van der Waals surface area (Å²) in [5.41, 5.74) is 2.00. The lowest BCUT2D eigenvalue weighted by atomic mass is 10.1. The summed E-state index contributed by atoms with van der Waals surface area (Å²) in [7, 11) is -2.09. The third kappa shape index (κ3) is 3.35. The fraction of sp³-hybridized carbons (Fsp3) is 0.421. The van der Waals surface area contributed by atoms with E-state index in [1.807, 2.05) is 6.07 Å². The Bertz CT molecular complexity index is 911. The molecular weight excluding hydrogens is 350 g/mol. The van der Waals surface area contributed by atoms with E-state index >= 15 is 0 Å². The van der Waals surface area contributed by atoms with Crippen LogP contribution in [0, 0.1) is 13.8 Å². The van der Waals surface area contributed by atoms with Gasteiger partial charge in [0.2, 0.25) is 0 Å². The van der Waals surface area contributed by atoms with E-state index in [0.717, 1.165) is 19.3 Å². The molecule has 0 radical (unpaired) electrons. The minimum atomic E-state index is -3.88. The minimum absolute atomic E-state index is 0.0805. The Hall–Kier alpha value is -2.28. The Kier molecular flexibility index (Phi) is 5.09. The Labute approximate surface area is 154 Å². The number of nitrogens with one attached hydrogen (secondary N) is 1. The number of hydrogen-bond acceptors (Lipinski definition) is 3. The lowest BCUT2D eigenvalue weighted by molar-refractivity contribution is 0.0720. The standard InChI is InChI=1S/C19H25N3O3S/c1-14-17(19(23)22-12-8-5-9-13-22)18(15(2)21(14)3)26(24,25)20-16-10-6-4-7-11-16/h4,6-7,10-11,20H,5,8-9,12-13H2,1-3H3. The van der Waals surface area contributed by atoms with Gasteiger partial charge in [-0.25, -0.2) is 8.42 Å². The van der Waals surface area contributed by atoms with Gasteiger partial charge in [0.1, 0.15) is 4.90 Å². The van der Waals surface area contributed by atoms with Crippen LogP contribution in [0.3, 0.4) is 0 Å². The maximum absolute atomic E-state index is 13.1. The topological polar surface area (TPSA) is 71.4 Å². The van der Waals surface area contributed by atoms with Crippen LogP contribution < -0.4 is 4.72 Å². The molecule has 0 atom stereocenters. The molecule has 7 heteroatoms. The predicted molar refractivity (Wildman–Crippen MR) is 102 cm³/mol. The van der Waals surface area contributed by atoms with Crippen molar-refractivity contribution in [1.29, 1.82) is 0 Å². The van der Waals surface area contributed by atoms with Crippen molar-refractivity contribution in [3.05, 3.63) is 47.3 Å². The number of aromatic nitrogens is 1. The Morgan fingerprint density at radius 3 is 2.23 bits per heavy atom. The number of para-hydroxylation sites is 1. The molecule has 0 unspecified atom stereocenters. The van der Waals surface area contributed by atoms with E-state index in [0.29, 0.717) is 30.2 Å². The van der Waals surface area contributed by atoms with Crippen LogP contribution in [0.15, 0.2) is 35.2 Å². The van der Waals surface area contributed by atoms with Gasteiger partial charge < -0.3 is 9.47 Å². The van der Waals surface area contributed by atoms with E-state index in [4.69, 9.17) is 0 Å². The molecule has 0 saturated carbocycles. The largest absolute Gasteiger partial charge is 0.350 e. The Balaban J connectivity index is 2.06. The van der Waals surface area contributed by atoms with Crippen LogP contribution in [0.25, 0.3) is 0 Å². The molecule has 0 aliphatic carbocycles. The number of likely N-dealkylation sites (tertiary alicyclic amines) is 1. The quantitative estimate of drug-likeness (QED) is 0.893. The highest BCUT2D eigenvalue weighted by Gasteiger charge is 2.33. The number of piperidine rings is 1. The van der Waals surface area contributed by atoms with E-state index in [1.165, 1.54) is 0 Å². The number of sulfonamides is 1. The lowest BCUT2D eigenvalue weighted by Gasteiger charge is -2.27. The smallest absolute Gasteiger partial charge is 0.264 e. The molecule has 3 rings (SSSR count). The third-order valence-electron chi connectivity index (χ3n) is 5.08. The predicted octanol–water partition coefficient (Wildman–Crippen LogP) is 3.07. The average molecular weight is 375 g/mol. The number of carbonyl (C=O) groups excluding carboxylic acids is 1. The SMILES string of the molecule is Cc1c(C(=O)N2CCCCC2)c(S(=O)(=O)Nc2ccccc2)c(C)n1C. The lowest BCUT2D eigenvalue weighted by Crippen LogP contribution is -2.36. The zero-order valence-corrected chi connectivity index (χ0v) is 16.3. The van der Waals surface area contributed by atoms with E-state index in [-0.39, 0.29) is 16.4 Å². The molecule has 1 amide bonds. The van der Waals surface area contributed by atoms with Crippen molar-refractivity contribution >= 4 is 21.6 Å². The van der Waals surface area contributed by atoms with Gasteiger partial charge in [-0.1, -0.05) is 18.2 Å².